The van der Waals surface area contributed by atoms with Crippen molar-refractivity contribution in [1.82, 2.24) is 22.1 Å². The molecule has 5 aromatic carbocycles. The number of sulfonamides is 4. The van der Waals surface area contributed by atoms with E-state index in [0.717, 1.165) is 53.5 Å². The first kappa shape index (κ1) is 57.4. The number of aryl methyl sites for hydroxylation is 4. The average molecular weight is 1090 g/mol. The molecule has 2 aliphatic rings. The molecule has 0 aliphatic heterocycles. The third-order valence-electron chi connectivity index (χ3n) is 14.1. The second-order valence-corrected chi connectivity index (χ2v) is 28.3. The molecule has 0 unspecified atom stereocenters. The first-order chi connectivity index (χ1) is 35.3. The van der Waals surface area contributed by atoms with Crippen LogP contribution in [0.2, 0.25) is 0 Å². The normalized spacial score (nSPS) is 14.8. The van der Waals surface area contributed by atoms with E-state index in [9.17, 15) is 33.7 Å². The Balaban J connectivity index is 1.02. The lowest BCUT2D eigenvalue weighted by Crippen LogP contribution is -2.38. The van der Waals surface area contributed by atoms with Crippen molar-refractivity contribution in [2.24, 2.45) is 11.8 Å². The van der Waals surface area contributed by atoms with Crippen LogP contribution < -0.4 is 0 Å². The second-order valence-electron chi connectivity index (χ2n) is 20.6. The van der Waals surface area contributed by atoms with Gasteiger partial charge in [0.1, 0.15) is 0 Å². The molecule has 0 aromatic heterocycles. The summed E-state index contributed by atoms with van der Waals surface area (Å²) in [5.41, 5.74) is 4.93. The van der Waals surface area contributed by atoms with Gasteiger partial charge in [-0.15, -0.1) is 0 Å². The maximum absolute atomic E-state index is 14.4. The minimum atomic E-state index is -3.90. The van der Waals surface area contributed by atoms with Gasteiger partial charge in [0.2, 0.25) is 40.1 Å². The lowest BCUT2D eigenvalue weighted by atomic mass is 10.2. The molecule has 13 nitrogen and oxygen atoms in total. The fraction of sp³-hybridized carbons (Fsp3) is 0.474. The Morgan fingerprint density at radius 3 is 0.905 bits per heavy atom. The Morgan fingerprint density at radius 2 is 0.608 bits per heavy atom. The predicted octanol–water partition coefficient (Wildman–Crippen LogP) is 9.65. The summed E-state index contributed by atoms with van der Waals surface area (Å²) < 4.78 is 119. The van der Waals surface area contributed by atoms with E-state index in [1.54, 1.807) is 81.4 Å². The monoisotopic (exact) mass is 1090 g/mol. The smallest absolute Gasteiger partial charge is 0.243 e. The van der Waals surface area contributed by atoms with Crippen LogP contribution in [-0.4, -0.2) is 121 Å². The molecule has 5 aromatic rings. The minimum Gasteiger partial charge on any atom is -0.299 e. The van der Waals surface area contributed by atoms with Crippen molar-refractivity contribution in [3.05, 3.63) is 155 Å². The van der Waals surface area contributed by atoms with Crippen LogP contribution in [0.4, 0.5) is 0 Å². The van der Waals surface area contributed by atoms with Crippen molar-refractivity contribution < 1.29 is 33.7 Å². The minimum absolute atomic E-state index is 0.208. The predicted molar refractivity (Wildman–Crippen MR) is 295 cm³/mol. The Labute approximate surface area is 443 Å². The van der Waals surface area contributed by atoms with Crippen LogP contribution in [0.3, 0.4) is 0 Å². The zero-order valence-corrected chi connectivity index (χ0v) is 47.0. The number of benzene rings is 5. The maximum Gasteiger partial charge on any atom is 0.243 e. The van der Waals surface area contributed by atoms with Gasteiger partial charge in [-0.2, -0.15) is 17.2 Å². The molecule has 2 saturated carbocycles. The van der Waals surface area contributed by atoms with Gasteiger partial charge in [0, 0.05) is 58.9 Å². The highest BCUT2D eigenvalue weighted by Crippen LogP contribution is 2.33. The molecule has 74 heavy (non-hydrogen) atoms. The number of unbranched alkanes of at least 4 members (excludes halogenated alkanes) is 2. The average Bonchev–Trinajstić information content (AvgIpc) is 4.33. The van der Waals surface area contributed by atoms with Gasteiger partial charge >= 0.3 is 0 Å². The molecule has 0 radical (unpaired) electrons. The molecule has 0 bridgehead atoms. The standard InChI is InChI=1S/C57H77N5O8S4/c1-47-16-28-54(29-17-47)71(63,64)59(38-8-10-40-61(45-52-24-25-52)73(67,68)56-32-20-49(3)21-33-56)42-12-36-58(44-51-14-6-5-7-15-51)37-13-43-60(72(65,66)55-30-18-48(2)19-31-55)39-9-11-41-62(46-53-26-27-53)74(69,70)57-34-22-50(4)23-35-57/h5-7,14-23,28-35,52-53H,8-13,24-27,36-46H2,1-4H3. The second kappa shape index (κ2) is 26.2. The van der Waals surface area contributed by atoms with Crippen molar-refractivity contribution in [2.45, 2.75) is 118 Å². The molecular formula is C57H77N5O8S4. The van der Waals surface area contributed by atoms with Crippen LogP contribution in [0.1, 0.15) is 92.0 Å². The van der Waals surface area contributed by atoms with Crippen LogP contribution in [0.5, 0.6) is 0 Å². The molecule has 2 aliphatic carbocycles. The number of hydrogen-bond acceptors (Lipinski definition) is 9. The van der Waals surface area contributed by atoms with Gasteiger partial charge in [-0.25, -0.2) is 33.7 Å². The number of hydrogen-bond donors (Lipinski definition) is 0. The highest BCUT2D eigenvalue weighted by molar-refractivity contribution is 7.90. The maximum atomic E-state index is 14.4. The van der Waals surface area contributed by atoms with Crippen LogP contribution in [0.25, 0.3) is 0 Å². The Kier molecular flexibility index (Phi) is 20.3. The molecule has 17 heteroatoms. The van der Waals surface area contributed by atoms with Crippen molar-refractivity contribution in [3.8, 4) is 0 Å². The van der Waals surface area contributed by atoms with E-state index in [0.29, 0.717) is 96.2 Å². The van der Waals surface area contributed by atoms with Gasteiger partial charge < -0.3 is 0 Å². The summed E-state index contributed by atoms with van der Waals surface area (Å²) in [5.74, 6) is 0.674. The summed E-state index contributed by atoms with van der Waals surface area (Å²) in [4.78, 5) is 3.20. The Bertz CT molecular complexity index is 2820. The first-order valence-electron chi connectivity index (χ1n) is 26.4. The highest BCUT2D eigenvalue weighted by Gasteiger charge is 2.34. The Morgan fingerprint density at radius 1 is 0.338 bits per heavy atom. The third kappa shape index (κ3) is 16.4. The van der Waals surface area contributed by atoms with E-state index in [1.165, 1.54) is 8.61 Å². The molecular weight excluding hydrogens is 1010 g/mol. The van der Waals surface area contributed by atoms with E-state index in [4.69, 9.17) is 0 Å². The zero-order valence-electron chi connectivity index (χ0n) is 43.8. The molecule has 0 amide bonds. The molecule has 402 valence electrons. The fourth-order valence-corrected chi connectivity index (χ4v) is 15.3. The van der Waals surface area contributed by atoms with Crippen LogP contribution in [0, 0.1) is 39.5 Å². The molecule has 0 atom stereocenters. The van der Waals surface area contributed by atoms with E-state index >= 15 is 0 Å². The topological polar surface area (TPSA) is 153 Å². The summed E-state index contributed by atoms with van der Waals surface area (Å²) in [6.07, 6.45) is 6.92. The van der Waals surface area contributed by atoms with Gasteiger partial charge in [0.05, 0.1) is 19.6 Å². The van der Waals surface area contributed by atoms with Gasteiger partial charge in [-0.05, 0) is 171 Å². The summed E-state index contributed by atoms with van der Waals surface area (Å²) in [5, 5.41) is 0. The molecule has 0 saturated heterocycles. The molecule has 7 rings (SSSR count). The summed E-state index contributed by atoms with van der Waals surface area (Å²) >= 11 is 0. The summed E-state index contributed by atoms with van der Waals surface area (Å²) in [6.45, 7) is 11.7. The van der Waals surface area contributed by atoms with Gasteiger partial charge in [-0.3, -0.25) is 4.90 Å². The van der Waals surface area contributed by atoms with Crippen LogP contribution >= 0.6 is 0 Å². The van der Waals surface area contributed by atoms with Crippen LogP contribution in [-0.2, 0) is 46.6 Å². The zero-order chi connectivity index (χ0) is 52.9. The van der Waals surface area contributed by atoms with Gasteiger partial charge in [0.15, 0.2) is 0 Å². The SMILES string of the molecule is Cc1ccc(S(=O)(=O)N(CCCCN(CC2CC2)S(=O)(=O)c2ccc(C)cc2)CCCN(CCCN(CCCCN(CC2CC2)S(=O)(=O)c2ccc(C)cc2)S(=O)(=O)c2ccc(C)cc2)Cc2ccccc2)cc1. The molecule has 0 spiro atoms. The van der Waals surface area contributed by atoms with Crippen LogP contribution in [0.15, 0.2) is 147 Å². The van der Waals surface area contributed by atoms with Crippen molar-refractivity contribution in [1.29, 1.82) is 0 Å². The highest BCUT2D eigenvalue weighted by atomic mass is 32.2. The van der Waals surface area contributed by atoms with E-state index in [1.807, 2.05) is 82.3 Å². The molecule has 0 N–H and O–H groups in total. The van der Waals surface area contributed by atoms with E-state index in [-0.39, 0.29) is 45.8 Å². The van der Waals surface area contributed by atoms with Gasteiger partial charge in [0.25, 0.3) is 0 Å². The fourth-order valence-electron chi connectivity index (χ4n) is 9.14. The first-order valence-corrected chi connectivity index (χ1v) is 32.1. The largest absolute Gasteiger partial charge is 0.299 e. The molecule has 2 fully saturated rings. The van der Waals surface area contributed by atoms with Crippen molar-refractivity contribution in [3.63, 3.8) is 0 Å². The lowest BCUT2D eigenvalue weighted by Gasteiger charge is -2.28. The molecule has 0 heterocycles. The van der Waals surface area contributed by atoms with Crippen molar-refractivity contribution in [2.75, 3.05) is 65.4 Å². The van der Waals surface area contributed by atoms with E-state index in [2.05, 4.69) is 4.90 Å². The quantitative estimate of drug-likeness (QED) is 0.0383. The lowest BCUT2D eigenvalue weighted by molar-refractivity contribution is 0.238. The summed E-state index contributed by atoms with van der Waals surface area (Å²) in [6, 6.07) is 37.6. The van der Waals surface area contributed by atoms with Crippen molar-refractivity contribution >= 4 is 40.1 Å². The summed E-state index contributed by atoms with van der Waals surface area (Å²) in [7, 11) is -15.3. The number of nitrogens with zero attached hydrogens (tertiary/aromatic N) is 5. The van der Waals surface area contributed by atoms with E-state index < -0.39 is 40.1 Å². The Hall–Kier alpha value is -4.30. The third-order valence-corrected chi connectivity index (χ3v) is 21.7. The number of rotatable bonds is 32. The van der Waals surface area contributed by atoms with Gasteiger partial charge in [-0.1, -0.05) is 101 Å².